The van der Waals surface area contributed by atoms with Crippen LogP contribution in [0.2, 0.25) is 0 Å². The minimum Gasteiger partial charge on any atom is -0.480 e. The van der Waals surface area contributed by atoms with Gasteiger partial charge in [-0.2, -0.15) is 11.8 Å². The fraction of sp³-hybridized carbons (Fsp3) is 0.423. The smallest absolute Gasteiger partial charge is 0.407 e. The van der Waals surface area contributed by atoms with Crippen molar-refractivity contribution in [3.63, 3.8) is 0 Å². The van der Waals surface area contributed by atoms with E-state index >= 15 is 0 Å². The molecular weight excluding hydrogens is 452 g/mol. The quantitative estimate of drug-likeness (QED) is 0.588. The number of benzene rings is 2. The second-order valence-corrected chi connectivity index (χ2v) is 9.96. The summed E-state index contributed by atoms with van der Waals surface area (Å²) < 4.78 is 5.62. The van der Waals surface area contributed by atoms with Crippen LogP contribution >= 0.6 is 11.8 Å². The zero-order valence-corrected chi connectivity index (χ0v) is 20.3. The van der Waals surface area contributed by atoms with E-state index in [1.54, 1.807) is 18.7 Å². The normalized spacial score (nSPS) is 19.9. The van der Waals surface area contributed by atoms with Crippen LogP contribution in [0.3, 0.4) is 0 Å². The molecule has 0 bridgehead atoms. The maximum atomic E-state index is 13.3. The summed E-state index contributed by atoms with van der Waals surface area (Å²) in [7, 11) is 0. The summed E-state index contributed by atoms with van der Waals surface area (Å²) in [5, 5.41) is 12.4. The Morgan fingerprint density at radius 2 is 1.76 bits per heavy atom. The van der Waals surface area contributed by atoms with Gasteiger partial charge in [-0.15, -0.1) is 0 Å². The number of nitrogens with zero attached hydrogens (tertiary/aromatic N) is 1. The molecule has 0 radical (unpaired) electrons. The molecule has 8 heteroatoms. The molecule has 180 valence electrons. The van der Waals surface area contributed by atoms with E-state index < -0.39 is 23.6 Å². The summed E-state index contributed by atoms with van der Waals surface area (Å²) in [5.41, 5.74) is 3.25. The van der Waals surface area contributed by atoms with Gasteiger partial charge in [0.15, 0.2) is 0 Å². The van der Waals surface area contributed by atoms with Gasteiger partial charge in [0.25, 0.3) is 0 Å². The third kappa shape index (κ3) is 4.51. The molecule has 4 rings (SSSR count). The fourth-order valence-corrected chi connectivity index (χ4v) is 5.47. The number of aliphatic carboxylic acids is 1. The molecule has 0 spiro atoms. The zero-order chi connectivity index (χ0) is 24.3. The van der Waals surface area contributed by atoms with Crippen molar-refractivity contribution in [3.8, 4) is 11.1 Å². The van der Waals surface area contributed by atoms with Crippen LogP contribution in [0.1, 0.15) is 43.2 Å². The number of hydrogen-bond donors (Lipinski definition) is 2. The Bertz CT molecular complexity index is 1040. The van der Waals surface area contributed by atoms with Crippen molar-refractivity contribution in [3.05, 3.63) is 59.7 Å². The summed E-state index contributed by atoms with van der Waals surface area (Å²) in [4.78, 5) is 39.3. The van der Waals surface area contributed by atoms with Crippen molar-refractivity contribution in [1.29, 1.82) is 0 Å². The number of carboxylic acid groups (broad SMARTS) is 1. The summed E-state index contributed by atoms with van der Waals surface area (Å²) in [6, 6.07) is 15.3. The predicted molar refractivity (Wildman–Crippen MR) is 132 cm³/mol. The van der Waals surface area contributed by atoms with Gasteiger partial charge in [-0.3, -0.25) is 4.79 Å². The molecule has 1 fully saturated rings. The molecule has 2 aromatic rings. The van der Waals surface area contributed by atoms with E-state index in [-0.39, 0.29) is 18.4 Å². The van der Waals surface area contributed by atoms with Gasteiger partial charge in [0.05, 0.1) is 0 Å². The van der Waals surface area contributed by atoms with Crippen LogP contribution in [0.5, 0.6) is 0 Å². The lowest BCUT2D eigenvalue weighted by Gasteiger charge is -2.34. The Morgan fingerprint density at radius 3 is 2.35 bits per heavy atom. The predicted octanol–water partition coefficient (Wildman–Crippen LogP) is 4.11. The van der Waals surface area contributed by atoms with Crippen molar-refractivity contribution < 1.29 is 24.2 Å². The van der Waals surface area contributed by atoms with Crippen LogP contribution in [0.15, 0.2) is 48.5 Å². The number of carboxylic acids is 1. The molecule has 1 aliphatic carbocycles. The minimum atomic E-state index is -1.25. The molecule has 0 saturated carbocycles. The van der Waals surface area contributed by atoms with Crippen molar-refractivity contribution >= 4 is 29.7 Å². The van der Waals surface area contributed by atoms with Crippen LogP contribution in [0, 0.1) is 0 Å². The van der Waals surface area contributed by atoms with Crippen LogP contribution < -0.4 is 5.32 Å². The Labute approximate surface area is 203 Å². The highest BCUT2D eigenvalue weighted by atomic mass is 32.2. The van der Waals surface area contributed by atoms with E-state index in [1.807, 2.05) is 42.7 Å². The Morgan fingerprint density at radius 1 is 1.15 bits per heavy atom. The highest BCUT2D eigenvalue weighted by Crippen LogP contribution is 2.44. The Hall–Kier alpha value is -3.00. The van der Waals surface area contributed by atoms with Crippen molar-refractivity contribution in [2.45, 2.75) is 43.7 Å². The molecule has 2 aromatic carbocycles. The molecule has 34 heavy (non-hydrogen) atoms. The minimum absolute atomic E-state index is 0.0765. The van der Waals surface area contributed by atoms with Gasteiger partial charge in [-0.25, -0.2) is 9.59 Å². The fourth-order valence-electron chi connectivity index (χ4n) is 5.00. The van der Waals surface area contributed by atoms with Crippen molar-refractivity contribution in [2.24, 2.45) is 0 Å². The number of fused-ring (bicyclic) bond motifs is 3. The van der Waals surface area contributed by atoms with E-state index in [4.69, 9.17) is 4.74 Å². The molecule has 1 aliphatic heterocycles. The van der Waals surface area contributed by atoms with E-state index in [0.29, 0.717) is 31.6 Å². The van der Waals surface area contributed by atoms with E-state index in [0.717, 1.165) is 22.3 Å². The van der Waals surface area contributed by atoms with Gasteiger partial charge in [-0.1, -0.05) is 48.5 Å². The highest BCUT2D eigenvalue weighted by molar-refractivity contribution is 7.98. The lowest BCUT2D eigenvalue weighted by atomic mass is 9.98. The van der Waals surface area contributed by atoms with Crippen molar-refractivity contribution in [2.75, 3.05) is 25.2 Å². The number of rotatable bonds is 8. The van der Waals surface area contributed by atoms with Crippen LogP contribution in [-0.2, 0) is 14.3 Å². The first-order valence-corrected chi connectivity index (χ1v) is 12.9. The topological polar surface area (TPSA) is 95.9 Å². The summed E-state index contributed by atoms with van der Waals surface area (Å²) in [6.45, 7) is 2.09. The van der Waals surface area contributed by atoms with E-state index in [1.165, 1.54) is 4.90 Å². The third-order valence-corrected chi connectivity index (χ3v) is 7.56. The van der Waals surface area contributed by atoms with Gasteiger partial charge >= 0.3 is 12.1 Å². The first-order valence-electron chi connectivity index (χ1n) is 11.5. The van der Waals surface area contributed by atoms with E-state index in [9.17, 15) is 19.5 Å². The molecule has 2 aliphatic rings. The number of alkyl carbamates (subject to hydrolysis) is 1. The Kier molecular flexibility index (Phi) is 7.16. The number of thioether (sulfide) groups is 1. The summed E-state index contributed by atoms with van der Waals surface area (Å²) >= 11 is 1.56. The molecule has 1 saturated heterocycles. The second-order valence-electron chi connectivity index (χ2n) is 8.98. The number of nitrogens with one attached hydrogen (secondary N) is 1. The summed E-state index contributed by atoms with van der Waals surface area (Å²) in [6.07, 6.45) is 2.67. The highest BCUT2D eigenvalue weighted by Gasteiger charge is 2.47. The molecule has 0 aromatic heterocycles. The molecule has 1 heterocycles. The van der Waals surface area contributed by atoms with Gasteiger partial charge in [0.2, 0.25) is 5.91 Å². The molecule has 0 unspecified atom stereocenters. The SMILES string of the molecule is CSCC[C@H](NC(=O)OCC1c2ccccc2-c2ccccc21)C(=O)N1CCC[C@]1(C)C(=O)O. The van der Waals surface area contributed by atoms with Gasteiger partial charge in [0, 0.05) is 12.5 Å². The lowest BCUT2D eigenvalue weighted by molar-refractivity contribution is -0.156. The van der Waals surface area contributed by atoms with Crippen LogP contribution in [0.4, 0.5) is 4.79 Å². The van der Waals surface area contributed by atoms with Crippen LogP contribution in [-0.4, -0.2) is 64.7 Å². The number of carbonyl (C=O) groups is 3. The van der Waals surface area contributed by atoms with Gasteiger partial charge in [-0.05, 0) is 60.4 Å². The monoisotopic (exact) mass is 482 g/mol. The number of likely N-dealkylation sites (tertiary alicyclic amines) is 1. The number of ether oxygens (including phenoxy) is 1. The zero-order valence-electron chi connectivity index (χ0n) is 19.5. The van der Waals surface area contributed by atoms with Crippen LogP contribution in [0.25, 0.3) is 11.1 Å². The maximum absolute atomic E-state index is 13.3. The first kappa shape index (κ1) is 24.1. The average Bonchev–Trinajstić information content (AvgIpc) is 3.39. The number of amides is 2. The second kappa shape index (κ2) is 10.1. The standard InChI is InChI=1S/C26H30N2O5S/c1-26(24(30)31)13-7-14-28(26)23(29)22(12-15-34-2)27-25(32)33-16-21-19-10-5-3-8-17(19)18-9-4-6-11-20(18)21/h3-6,8-11,21-22H,7,12-16H2,1-2H3,(H,27,32)(H,30,31)/t22-,26+/m0/s1. The number of carbonyl (C=O) groups excluding carboxylic acids is 2. The van der Waals surface area contributed by atoms with Gasteiger partial charge in [0.1, 0.15) is 18.2 Å². The van der Waals surface area contributed by atoms with Gasteiger partial charge < -0.3 is 20.1 Å². The van der Waals surface area contributed by atoms with E-state index in [2.05, 4.69) is 17.4 Å². The number of hydrogen-bond acceptors (Lipinski definition) is 5. The molecular formula is C26H30N2O5S. The Balaban J connectivity index is 1.45. The van der Waals surface area contributed by atoms with Crippen molar-refractivity contribution in [1.82, 2.24) is 10.2 Å². The largest absolute Gasteiger partial charge is 0.480 e. The molecule has 2 N–H and O–H groups in total. The summed E-state index contributed by atoms with van der Waals surface area (Å²) in [5.74, 6) is -0.821. The first-order chi connectivity index (χ1) is 16.4. The molecule has 2 atom stereocenters. The molecule has 2 amide bonds. The molecule has 7 nitrogen and oxygen atoms in total. The lowest BCUT2D eigenvalue weighted by Crippen LogP contribution is -2.57. The maximum Gasteiger partial charge on any atom is 0.407 e. The third-order valence-electron chi connectivity index (χ3n) is 6.91. The average molecular weight is 483 g/mol.